The Kier molecular flexibility index (Phi) is 7.58. The van der Waals surface area contributed by atoms with Crippen LogP contribution in [0.1, 0.15) is 52.9 Å². The molecule has 0 rings (SSSR count). The maximum atomic E-state index is 5.26. The van der Waals surface area contributed by atoms with Crippen LogP contribution < -0.4 is 0 Å². The molecular weight excluding hydrogens is 148 g/mol. The summed E-state index contributed by atoms with van der Waals surface area (Å²) in [6.45, 7) is 6.70. The van der Waals surface area contributed by atoms with Crippen molar-refractivity contribution in [1.82, 2.24) is 0 Å². The maximum Gasteiger partial charge on any atom is 0.0545 e. The lowest BCUT2D eigenvalue weighted by Crippen LogP contribution is -2.12. The van der Waals surface area contributed by atoms with Gasteiger partial charge in [0.05, 0.1) is 6.10 Å². The normalized spacial score (nSPS) is 16.0. The van der Waals surface area contributed by atoms with Gasteiger partial charge < -0.3 is 4.74 Å². The molecule has 0 radical (unpaired) electrons. The summed E-state index contributed by atoms with van der Waals surface area (Å²) in [5, 5.41) is 0. The van der Waals surface area contributed by atoms with E-state index in [9.17, 15) is 0 Å². The summed E-state index contributed by atoms with van der Waals surface area (Å²) >= 11 is 0. The van der Waals surface area contributed by atoms with Crippen molar-refractivity contribution in [3.05, 3.63) is 0 Å². The third-order valence-electron chi connectivity index (χ3n) is 2.61. The van der Waals surface area contributed by atoms with E-state index in [4.69, 9.17) is 4.74 Å². The summed E-state index contributed by atoms with van der Waals surface area (Å²) in [5.74, 6) is 0.875. The van der Waals surface area contributed by atoms with E-state index < -0.39 is 0 Å². The number of methoxy groups -OCH3 is 1. The van der Waals surface area contributed by atoms with E-state index in [0.717, 1.165) is 5.92 Å². The summed E-state index contributed by atoms with van der Waals surface area (Å²) in [4.78, 5) is 0. The summed E-state index contributed by atoms with van der Waals surface area (Å²) < 4.78 is 5.26. The second kappa shape index (κ2) is 7.60. The van der Waals surface area contributed by atoms with Gasteiger partial charge in [0, 0.05) is 7.11 Å². The van der Waals surface area contributed by atoms with Gasteiger partial charge >= 0.3 is 0 Å². The molecule has 2 unspecified atom stereocenters. The Morgan fingerprint density at radius 1 is 1.25 bits per heavy atom. The van der Waals surface area contributed by atoms with E-state index in [1.807, 2.05) is 0 Å². The lowest BCUT2D eigenvalue weighted by atomic mass is 9.94. The molecular formula is C11H24O. The molecule has 0 fully saturated rings. The molecule has 0 aliphatic rings. The summed E-state index contributed by atoms with van der Waals surface area (Å²) in [6.07, 6.45) is 7.03. The summed E-state index contributed by atoms with van der Waals surface area (Å²) in [5.41, 5.74) is 0. The first-order chi connectivity index (χ1) is 5.74. The molecule has 0 saturated heterocycles. The third kappa shape index (κ3) is 5.59. The van der Waals surface area contributed by atoms with Crippen molar-refractivity contribution in [3.63, 3.8) is 0 Å². The fraction of sp³-hybridized carbons (Fsp3) is 1.00. The van der Waals surface area contributed by atoms with E-state index >= 15 is 0 Å². The minimum atomic E-state index is 0.437. The largest absolute Gasteiger partial charge is 0.382 e. The van der Waals surface area contributed by atoms with Crippen molar-refractivity contribution in [2.45, 2.75) is 59.0 Å². The van der Waals surface area contributed by atoms with E-state index in [1.54, 1.807) is 7.11 Å². The zero-order valence-electron chi connectivity index (χ0n) is 9.10. The number of unbranched alkanes of at least 4 members (excludes halogenated alkanes) is 1. The first-order valence-electron chi connectivity index (χ1n) is 5.27. The van der Waals surface area contributed by atoms with Crippen LogP contribution in [0.15, 0.2) is 0 Å². The Bertz CT molecular complexity index is 91.0. The van der Waals surface area contributed by atoms with E-state index in [2.05, 4.69) is 20.8 Å². The molecule has 12 heavy (non-hydrogen) atoms. The molecule has 0 aromatic carbocycles. The molecule has 0 aromatic rings. The van der Waals surface area contributed by atoms with Crippen LogP contribution in [0.25, 0.3) is 0 Å². The van der Waals surface area contributed by atoms with Gasteiger partial charge in [0.15, 0.2) is 0 Å². The van der Waals surface area contributed by atoms with Gasteiger partial charge in [0.2, 0.25) is 0 Å². The van der Waals surface area contributed by atoms with Crippen molar-refractivity contribution >= 4 is 0 Å². The second-order valence-corrected chi connectivity index (χ2v) is 3.70. The van der Waals surface area contributed by atoms with Crippen molar-refractivity contribution in [3.8, 4) is 0 Å². The Hall–Kier alpha value is -0.0400. The van der Waals surface area contributed by atoms with Crippen LogP contribution in [0.5, 0.6) is 0 Å². The average Bonchev–Trinajstić information content (AvgIpc) is 2.11. The zero-order valence-corrected chi connectivity index (χ0v) is 9.10. The molecule has 0 aliphatic carbocycles. The Morgan fingerprint density at radius 2 is 1.92 bits per heavy atom. The smallest absolute Gasteiger partial charge is 0.0545 e. The Labute approximate surface area is 77.5 Å². The molecule has 0 spiro atoms. The minimum absolute atomic E-state index is 0.437. The van der Waals surface area contributed by atoms with Crippen LogP contribution in [0, 0.1) is 5.92 Å². The van der Waals surface area contributed by atoms with Gasteiger partial charge in [-0.25, -0.2) is 0 Å². The quantitative estimate of drug-likeness (QED) is 0.570. The van der Waals surface area contributed by atoms with Gasteiger partial charge in [-0.05, 0) is 19.3 Å². The summed E-state index contributed by atoms with van der Waals surface area (Å²) in [6, 6.07) is 0. The number of rotatable bonds is 7. The molecule has 0 bridgehead atoms. The van der Waals surface area contributed by atoms with Crippen LogP contribution in [0.3, 0.4) is 0 Å². The molecule has 1 heteroatoms. The Balaban J connectivity index is 3.51. The van der Waals surface area contributed by atoms with Crippen molar-refractivity contribution in [1.29, 1.82) is 0 Å². The van der Waals surface area contributed by atoms with E-state index in [0.29, 0.717) is 6.10 Å². The fourth-order valence-electron chi connectivity index (χ4n) is 1.55. The predicted octanol–water partition coefficient (Wildman–Crippen LogP) is 3.63. The standard InChI is InChI=1S/C11H24O/c1-5-7-8-11(6-2)9-10(3)12-4/h10-11H,5-9H2,1-4H3. The lowest BCUT2D eigenvalue weighted by Gasteiger charge is -2.18. The van der Waals surface area contributed by atoms with Crippen LogP contribution in [-0.4, -0.2) is 13.2 Å². The first kappa shape index (κ1) is 12.0. The lowest BCUT2D eigenvalue weighted by molar-refractivity contribution is 0.0923. The van der Waals surface area contributed by atoms with Crippen LogP contribution >= 0.6 is 0 Å². The van der Waals surface area contributed by atoms with Crippen molar-refractivity contribution in [2.75, 3.05) is 7.11 Å². The molecule has 0 amide bonds. The SMILES string of the molecule is CCCCC(CC)CC(C)OC. The average molecular weight is 172 g/mol. The van der Waals surface area contributed by atoms with Gasteiger partial charge in [0.25, 0.3) is 0 Å². The molecule has 0 aromatic heterocycles. The van der Waals surface area contributed by atoms with Crippen molar-refractivity contribution < 1.29 is 4.74 Å². The van der Waals surface area contributed by atoms with Gasteiger partial charge in [-0.1, -0.05) is 39.5 Å². The van der Waals surface area contributed by atoms with E-state index in [-0.39, 0.29) is 0 Å². The Morgan fingerprint density at radius 3 is 2.33 bits per heavy atom. The molecule has 74 valence electrons. The fourth-order valence-corrected chi connectivity index (χ4v) is 1.55. The monoisotopic (exact) mass is 172 g/mol. The highest BCUT2D eigenvalue weighted by Gasteiger charge is 2.09. The molecule has 0 saturated carbocycles. The van der Waals surface area contributed by atoms with Gasteiger partial charge in [-0.2, -0.15) is 0 Å². The molecule has 0 heterocycles. The highest BCUT2D eigenvalue weighted by atomic mass is 16.5. The highest BCUT2D eigenvalue weighted by Crippen LogP contribution is 2.19. The van der Waals surface area contributed by atoms with Gasteiger partial charge in [0.1, 0.15) is 0 Å². The number of hydrogen-bond donors (Lipinski definition) is 0. The van der Waals surface area contributed by atoms with E-state index in [1.165, 1.54) is 32.1 Å². The molecule has 2 atom stereocenters. The van der Waals surface area contributed by atoms with Gasteiger partial charge in [-0.15, -0.1) is 0 Å². The molecule has 1 nitrogen and oxygen atoms in total. The number of ether oxygens (including phenoxy) is 1. The maximum absolute atomic E-state index is 5.26. The topological polar surface area (TPSA) is 9.23 Å². The molecule has 0 aliphatic heterocycles. The third-order valence-corrected chi connectivity index (χ3v) is 2.61. The minimum Gasteiger partial charge on any atom is -0.382 e. The van der Waals surface area contributed by atoms with Crippen LogP contribution in [0.2, 0.25) is 0 Å². The van der Waals surface area contributed by atoms with Crippen molar-refractivity contribution in [2.24, 2.45) is 5.92 Å². The number of hydrogen-bond acceptors (Lipinski definition) is 1. The van der Waals surface area contributed by atoms with Crippen LogP contribution in [-0.2, 0) is 4.74 Å². The predicted molar refractivity (Wildman–Crippen MR) is 54.4 cm³/mol. The summed E-state index contributed by atoms with van der Waals surface area (Å²) in [7, 11) is 1.80. The molecule has 0 N–H and O–H groups in total. The second-order valence-electron chi connectivity index (χ2n) is 3.70. The zero-order chi connectivity index (χ0) is 9.40. The highest BCUT2D eigenvalue weighted by molar-refractivity contribution is 4.61. The van der Waals surface area contributed by atoms with Crippen LogP contribution in [0.4, 0.5) is 0 Å². The first-order valence-corrected chi connectivity index (χ1v) is 5.27. The van der Waals surface area contributed by atoms with Gasteiger partial charge in [-0.3, -0.25) is 0 Å².